The van der Waals surface area contributed by atoms with Crippen LogP contribution in [-0.2, 0) is 15.9 Å². The summed E-state index contributed by atoms with van der Waals surface area (Å²) in [5.74, 6) is 1.95. The second-order valence-corrected chi connectivity index (χ2v) is 7.72. The average molecular weight is 385 g/mol. The Hall–Kier alpha value is -2.25. The number of methoxy groups -OCH3 is 1. The molecule has 2 heterocycles. The number of aromatic nitrogens is 1. The maximum absolute atomic E-state index is 6.13. The lowest BCUT2D eigenvalue weighted by molar-refractivity contribution is 0.00578. The molecule has 1 aliphatic rings. The molecule has 0 N–H and O–H groups in total. The molecule has 1 aliphatic heterocycles. The lowest BCUT2D eigenvalue weighted by Crippen LogP contribution is -2.41. The maximum Gasteiger partial charge on any atom is 0.500 e. The summed E-state index contributed by atoms with van der Waals surface area (Å²) < 4.78 is 29.1. The van der Waals surface area contributed by atoms with Crippen LogP contribution in [0.15, 0.2) is 36.5 Å². The van der Waals surface area contributed by atoms with E-state index >= 15 is 0 Å². The fourth-order valence-electron chi connectivity index (χ4n) is 2.82. The van der Waals surface area contributed by atoms with E-state index in [1.807, 2.05) is 58.9 Å². The van der Waals surface area contributed by atoms with Crippen molar-refractivity contribution in [1.82, 2.24) is 4.98 Å². The first-order valence-corrected chi connectivity index (χ1v) is 9.50. The molecule has 1 aromatic heterocycles. The summed E-state index contributed by atoms with van der Waals surface area (Å²) in [5, 5.41) is 0. The largest absolute Gasteiger partial charge is 0.500 e. The van der Waals surface area contributed by atoms with Crippen molar-refractivity contribution < 1.29 is 23.5 Å². The van der Waals surface area contributed by atoms with E-state index in [1.54, 1.807) is 19.4 Å². The first kappa shape index (κ1) is 20.5. The van der Waals surface area contributed by atoms with Crippen LogP contribution in [0.25, 0.3) is 0 Å². The molecule has 1 aromatic carbocycles. The second-order valence-electron chi connectivity index (χ2n) is 7.72. The van der Waals surface area contributed by atoms with Crippen molar-refractivity contribution in [2.24, 2.45) is 0 Å². The summed E-state index contributed by atoms with van der Waals surface area (Å²) in [4.78, 5) is 4.42. The molecule has 0 radical (unpaired) electrons. The van der Waals surface area contributed by atoms with Gasteiger partial charge in [-0.2, -0.15) is 0 Å². The number of ether oxygens (including phenoxy) is 3. The highest BCUT2D eigenvalue weighted by atomic mass is 16.7. The number of nitrogens with zero attached hydrogens (tertiary/aromatic N) is 1. The molecule has 0 aliphatic carbocycles. The lowest BCUT2D eigenvalue weighted by Gasteiger charge is -2.32. The minimum absolute atomic E-state index is 0.401. The molecular formula is C21H28BNO5. The van der Waals surface area contributed by atoms with E-state index in [-0.39, 0.29) is 0 Å². The summed E-state index contributed by atoms with van der Waals surface area (Å²) in [6.07, 6.45) is 1.70. The van der Waals surface area contributed by atoms with Crippen LogP contribution in [-0.4, -0.2) is 37.0 Å². The van der Waals surface area contributed by atoms with Crippen LogP contribution >= 0.6 is 0 Å². The summed E-state index contributed by atoms with van der Waals surface area (Å²) in [5.41, 5.74) is 0.933. The predicted molar refractivity (Wildman–Crippen MR) is 108 cm³/mol. The quantitative estimate of drug-likeness (QED) is 0.682. The van der Waals surface area contributed by atoms with E-state index < -0.39 is 18.3 Å². The van der Waals surface area contributed by atoms with Crippen LogP contribution in [0, 0.1) is 0 Å². The van der Waals surface area contributed by atoms with Gasteiger partial charge in [0.05, 0.1) is 24.9 Å². The topological polar surface area (TPSA) is 59.0 Å². The Morgan fingerprint density at radius 3 is 2.21 bits per heavy atom. The fourth-order valence-corrected chi connectivity index (χ4v) is 2.82. The minimum atomic E-state index is -0.533. The van der Waals surface area contributed by atoms with Crippen molar-refractivity contribution in [3.63, 3.8) is 0 Å². The van der Waals surface area contributed by atoms with Gasteiger partial charge >= 0.3 is 7.12 Å². The summed E-state index contributed by atoms with van der Waals surface area (Å²) in [6, 6.07) is 9.51. The van der Waals surface area contributed by atoms with Gasteiger partial charge in [0.15, 0.2) is 0 Å². The number of hydrogen-bond acceptors (Lipinski definition) is 6. The van der Waals surface area contributed by atoms with E-state index in [0.717, 1.165) is 16.8 Å². The van der Waals surface area contributed by atoms with Gasteiger partial charge in [-0.1, -0.05) is 12.1 Å². The van der Waals surface area contributed by atoms with Gasteiger partial charge in [-0.25, -0.2) is 4.98 Å². The highest BCUT2D eigenvalue weighted by Gasteiger charge is 2.52. The zero-order chi connectivity index (χ0) is 20.4. The normalized spacial score (nSPS) is 17.4. The van der Waals surface area contributed by atoms with Gasteiger partial charge in [-0.15, -0.1) is 0 Å². The van der Waals surface area contributed by atoms with E-state index in [1.165, 1.54) is 0 Å². The van der Waals surface area contributed by atoms with Gasteiger partial charge < -0.3 is 23.5 Å². The van der Waals surface area contributed by atoms with E-state index in [2.05, 4.69) is 4.98 Å². The zero-order valence-corrected chi connectivity index (χ0v) is 17.4. The van der Waals surface area contributed by atoms with Gasteiger partial charge in [0, 0.05) is 17.7 Å². The van der Waals surface area contributed by atoms with Crippen LogP contribution in [0.4, 0.5) is 0 Å². The molecule has 150 valence electrons. The molecular weight excluding hydrogens is 357 g/mol. The molecule has 0 bridgehead atoms. The Kier molecular flexibility index (Phi) is 5.86. The van der Waals surface area contributed by atoms with E-state index in [0.29, 0.717) is 24.8 Å². The number of pyridine rings is 1. The molecule has 3 rings (SSSR count). The van der Waals surface area contributed by atoms with Gasteiger partial charge in [-0.3, -0.25) is 0 Å². The molecule has 6 nitrogen and oxygen atoms in total. The average Bonchev–Trinajstić information content (AvgIpc) is 2.88. The molecule has 1 fully saturated rings. The van der Waals surface area contributed by atoms with Crippen LogP contribution in [0.2, 0.25) is 0 Å². The predicted octanol–water partition coefficient (Wildman–Crippen LogP) is 3.37. The number of benzene rings is 1. The van der Waals surface area contributed by atoms with E-state index in [9.17, 15) is 0 Å². The van der Waals surface area contributed by atoms with Gasteiger partial charge in [0.2, 0.25) is 5.88 Å². The molecule has 0 spiro atoms. The van der Waals surface area contributed by atoms with Crippen LogP contribution < -0.4 is 19.7 Å². The Morgan fingerprint density at radius 1 is 1.00 bits per heavy atom. The summed E-state index contributed by atoms with van der Waals surface area (Å²) in [6.45, 7) is 10.9. The molecule has 0 saturated carbocycles. The lowest BCUT2D eigenvalue weighted by atomic mass is 9.79. The molecule has 0 unspecified atom stereocenters. The Morgan fingerprint density at radius 2 is 1.64 bits per heavy atom. The van der Waals surface area contributed by atoms with Gasteiger partial charge in [0.1, 0.15) is 18.1 Å². The molecule has 1 saturated heterocycles. The van der Waals surface area contributed by atoms with E-state index in [4.69, 9.17) is 23.5 Å². The summed E-state index contributed by atoms with van der Waals surface area (Å²) >= 11 is 0. The Bertz CT molecular complexity index is 791. The minimum Gasteiger partial charge on any atom is -0.497 e. The van der Waals surface area contributed by atoms with Crippen LogP contribution in [0.1, 0.15) is 40.2 Å². The Labute approximate surface area is 167 Å². The maximum atomic E-state index is 6.13. The van der Waals surface area contributed by atoms with Crippen LogP contribution in [0.3, 0.4) is 0 Å². The highest BCUT2D eigenvalue weighted by molar-refractivity contribution is 6.63. The van der Waals surface area contributed by atoms with Crippen LogP contribution in [0.5, 0.6) is 17.4 Å². The Balaban J connectivity index is 1.75. The molecule has 2 aromatic rings. The zero-order valence-electron chi connectivity index (χ0n) is 17.4. The third-order valence-corrected chi connectivity index (χ3v) is 5.22. The molecule has 0 amide bonds. The molecule has 0 atom stereocenters. The standard InChI is InChI=1S/C21H28BNO5/c1-7-25-18-12-19(26-14-15-8-10-16(24-6)11-9-15)23-13-17(18)22-27-20(2,3)21(4,5)28-22/h8-13H,7,14H2,1-6H3. The van der Waals surface area contributed by atoms with Crippen molar-refractivity contribution in [3.05, 3.63) is 42.1 Å². The third-order valence-electron chi connectivity index (χ3n) is 5.22. The van der Waals surface area contributed by atoms with Crippen molar-refractivity contribution in [1.29, 1.82) is 0 Å². The SMILES string of the molecule is CCOc1cc(OCc2ccc(OC)cc2)ncc1B1OC(C)(C)C(C)(C)O1. The third kappa shape index (κ3) is 4.26. The molecule has 7 heteroatoms. The highest BCUT2D eigenvalue weighted by Crippen LogP contribution is 2.37. The summed E-state index contributed by atoms with van der Waals surface area (Å²) in [7, 11) is 1.11. The first-order valence-electron chi connectivity index (χ1n) is 9.50. The monoisotopic (exact) mass is 385 g/mol. The van der Waals surface area contributed by atoms with Gasteiger partial charge in [-0.05, 0) is 52.3 Å². The fraction of sp³-hybridized carbons (Fsp3) is 0.476. The van der Waals surface area contributed by atoms with Crippen molar-refractivity contribution in [2.45, 2.75) is 52.4 Å². The number of hydrogen-bond donors (Lipinski definition) is 0. The van der Waals surface area contributed by atoms with Gasteiger partial charge in [0.25, 0.3) is 0 Å². The molecule has 28 heavy (non-hydrogen) atoms. The van der Waals surface area contributed by atoms with Crippen molar-refractivity contribution in [2.75, 3.05) is 13.7 Å². The number of rotatable bonds is 7. The second kappa shape index (κ2) is 8.01. The van der Waals surface area contributed by atoms with Crippen molar-refractivity contribution in [3.8, 4) is 17.4 Å². The first-order chi connectivity index (χ1) is 13.3. The smallest absolute Gasteiger partial charge is 0.497 e. The van der Waals surface area contributed by atoms with Crippen molar-refractivity contribution >= 4 is 12.6 Å².